The minimum Gasteiger partial charge on any atom is -0.368 e. The lowest BCUT2D eigenvalue weighted by Gasteiger charge is -2.26. The topological polar surface area (TPSA) is 37.8 Å². The third-order valence-corrected chi connectivity index (χ3v) is 3.26. The van der Waals surface area contributed by atoms with Crippen LogP contribution in [-0.2, 0) is 0 Å². The Kier molecular flexibility index (Phi) is 4.65. The first-order chi connectivity index (χ1) is 8.27. The Balaban J connectivity index is 3.11. The Morgan fingerprint density at radius 3 is 2.39 bits per heavy atom. The normalized spacial score (nSPS) is 13.5. The Morgan fingerprint density at radius 2 is 1.89 bits per heavy atom. The van der Waals surface area contributed by atoms with Crippen LogP contribution in [0.4, 0.5) is 10.2 Å². The molecule has 0 aromatic carbocycles. The molecule has 1 unspecified atom stereocenters. The van der Waals surface area contributed by atoms with E-state index in [-0.39, 0.29) is 17.2 Å². The average molecular weight is 253 g/mol. The molecule has 1 heterocycles. The third-order valence-electron chi connectivity index (χ3n) is 3.26. The molecule has 1 aromatic heterocycles. The first-order valence-electron chi connectivity index (χ1n) is 6.55. The molecule has 1 atom stereocenters. The van der Waals surface area contributed by atoms with Crippen LogP contribution in [0.5, 0.6) is 0 Å². The Hall–Kier alpha value is -1.19. The number of aryl methyl sites for hydroxylation is 1. The molecule has 18 heavy (non-hydrogen) atoms. The second-order valence-electron chi connectivity index (χ2n) is 5.84. The molecule has 102 valence electrons. The minimum atomic E-state index is -0.340. The molecule has 1 aromatic rings. The molecule has 0 fully saturated rings. The van der Waals surface area contributed by atoms with Crippen molar-refractivity contribution in [2.45, 2.75) is 53.9 Å². The highest BCUT2D eigenvalue weighted by molar-refractivity contribution is 5.38. The van der Waals surface area contributed by atoms with Crippen LogP contribution in [0.1, 0.15) is 58.5 Å². The zero-order chi connectivity index (χ0) is 13.9. The van der Waals surface area contributed by atoms with Gasteiger partial charge in [0, 0.05) is 12.5 Å². The van der Waals surface area contributed by atoms with E-state index >= 15 is 0 Å². The van der Waals surface area contributed by atoms with Crippen molar-refractivity contribution in [2.24, 2.45) is 5.41 Å². The quantitative estimate of drug-likeness (QED) is 0.884. The van der Waals surface area contributed by atoms with E-state index < -0.39 is 0 Å². The van der Waals surface area contributed by atoms with Crippen LogP contribution in [0.3, 0.4) is 0 Å². The summed E-state index contributed by atoms with van der Waals surface area (Å²) in [7, 11) is 0. The Bertz CT molecular complexity index is 410. The van der Waals surface area contributed by atoms with Crippen molar-refractivity contribution in [2.75, 3.05) is 11.9 Å². The van der Waals surface area contributed by atoms with E-state index in [1.54, 1.807) is 6.92 Å². The Morgan fingerprint density at radius 1 is 1.28 bits per heavy atom. The average Bonchev–Trinajstić information content (AvgIpc) is 2.28. The van der Waals surface area contributed by atoms with Gasteiger partial charge in [-0.2, -0.15) is 0 Å². The molecule has 0 saturated heterocycles. The maximum Gasteiger partial charge on any atom is 0.186 e. The van der Waals surface area contributed by atoms with E-state index in [4.69, 9.17) is 0 Å². The zero-order valence-electron chi connectivity index (χ0n) is 12.3. The molecule has 0 bridgehead atoms. The summed E-state index contributed by atoms with van der Waals surface area (Å²) in [4.78, 5) is 8.62. The van der Waals surface area contributed by atoms with E-state index in [0.717, 1.165) is 13.0 Å². The number of hydrogen-bond donors (Lipinski definition) is 1. The van der Waals surface area contributed by atoms with Gasteiger partial charge in [-0.15, -0.1) is 0 Å². The maximum absolute atomic E-state index is 13.9. The molecule has 0 saturated carbocycles. The van der Waals surface area contributed by atoms with Gasteiger partial charge < -0.3 is 5.32 Å². The molecule has 0 aliphatic carbocycles. The first-order valence-corrected chi connectivity index (χ1v) is 6.55. The number of nitrogens with zero attached hydrogens (tertiary/aromatic N) is 2. The third kappa shape index (κ3) is 3.40. The summed E-state index contributed by atoms with van der Waals surface area (Å²) < 4.78 is 13.9. The summed E-state index contributed by atoms with van der Waals surface area (Å²) in [5.74, 6) is 0.878. The summed E-state index contributed by atoms with van der Waals surface area (Å²) in [6.45, 7) is 12.9. The van der Waals surface area contributed by atoms with Crippen LogP contribution >= 0.6 is 0 Å². The number of hydrogen-bond acceptors (Lipinski definition) is 3. The second-order valence-corrected chi connectivity index (χ2v) is 5.84. The van der Waals surface area contributed by atoms with Crippen molar-refractivity contribution in [3.63, 3.8) is 0 Å². The molecule has 0 radical (unpaired) electrons. The van der Waals surface area contributed by atoms with Gasteiger partial charge in [-0.1, -0.05) is 34.6 Å². The highest BCUT2D eigenvalue weighted by Crippen LogP contribution is 2.33. The van der Waals surface area contributed by atoms with E-state index in [1.165, 1.54) is 0 Å². The van der Waals surface area contributed by atoms with E-state index in [1.807, 2.05) is 6.92 Å². The van der Waals surface area contributed by atoms with E-state index in [0.29, 0.717) is 17.3 Å². The summed E-state index contributed by atoms with van der Waals surface area (Å²) >= 11 is 0. The number of aromatic nitrogens is 2. The van der Waals surface area contributed by atoms with Crippen molar-refractivity contribution >= 4 is 5.82 Å². The van der Waals surface area contributed by atoms with Gasteiger partial charge in [0.15, 0.2) is 11.6 Å². The van der Waals surface area contributed by atoms with Crippen LogP contribution in [0.15, 0.2) is 0 Å². The minimum absolute atomic E-state index is 0.0618. The van der Waals surface area contributed by atoms with Crippen LogP contribution in [-0.4, -0.2) is 16.5 Å². The molecule has 0 aliphatic heterocycles. The largest absolute Gasteiger partial charge is 0.368 e. The van der Waals surface area contributed by atoms with Crippen molar-refractivity contribution in [1.82, 2.24) is 9.97 Å². The molecule has 4 heteroatoms. The predicted molar refractivity (Wildman–Crippen MR) is 73.4 cm³/mol. The number of rotatable bonds is 4. The van der Waals surface area contributed by atoms with Crippen molar-refractivity contribution in [3.8, 4) is 0 Å². The molecule has 0 spiro atoms. The fraction of sp³-hybridized carbons (Fsp3) is 0.714. The predicted octanol–water partition coefficient (Wildman–Crippen LogP) is 3.90. The molecule has 0 amide bonds. The van der Waals surface area contributed by atoms with Gasteiger partial charge in [0.25, 0.3) is 0 Å². The number of nitrogens with one attached hydrogen (secondary N) is 1. The van der Waals surface area contributed by atoms with Gasteiger partial charge in [-0.05, 0) is 18.8 Å². The summed E-state index contributed by atoms with van der Waals surface area (Å²) in [5.41, 5.74) is 0.474. The standard InChI is InChI=1S/C14H24FN3/c1-7-8-16-13-11(15)10(3)17-12(18-13)9(2)14(4,5)6/h9H,7-8H2,1-6H3,(H,16,17,18). The van der Waals surface area contributed by atoms with Gasteiger partial charge in [0.05, 0.1) is 5.69 Å². The summed E-state index contributed by atoms with van der Waals surface area (Å²) in [5, 5.41) is 3.02. The van der Waals surface area contributed by atoms with Gasteiger partial charge in [0.1, 0.15) is 5.82 Å². The zero-order valence-corrected chi connectivity index (χ0v) is 12.3. The molecule has 0 aliphatic rings. The number of halogens is 1. The molecular formula is C14H24FN3. The monoisotopic (exact) mass is 253 g/mol. The van der Waals surface area contributed by atoms with Crippen LogP contribution in [0, 0.1) is 18.2 Å². The second kappa shape index (κ2) is 5.63. The van der Waals surface area contributed by atoms with Crippen LogP contribution in [0.2, 0.25) is 0 Å². The van der Waals surface area contributed by atoms with Crippen molar-refractivity contribution in [1.29, 1.82) is 0 Å². The smallest absolute Gasteiger partial charge is 0.186 e. The van der Waals surface area contributed by atoms with E-state index in [2.05, 4.69) is 43.0 Å². The fourth-order valence-electron chi connectivity index (χ4n) is 1.52. The van der Waals surface area contributed by atoms with Gasteiger partial charge in [0.2, 0.25) is 0 Å². The Labute approximate surface area is 109 Å². The lowest BCUT2D eigenvalue weighted by atomic mass is 9.81. The van der Waals surface area contributed by atoms with Gasteiger partial charge >= 0.3 is 0 Å². The highest BCUT2D eigenvalue weighted by Gasteiger charge is 2.25. The molecule has 1 rings (SSSR count). The molecule has 3 nitrogen and oxygen atoms in total. The molecule has 1 N–H and O–H groups in total. The van der Waals surface area contributed by atoms with Gasteiger partial charge in [-0.25, -0.2) is 14.4 Å². The lowest BCUT2D eigenvalue weighted by molar-refractivity contribution is 0.327. The van der Waals surface area contributed by atoms with Gasteiger partial charge in [-0.3, -0.25) is 0 Å². The van der Waals surface area contributed by atoms with Crippen LogP contribution in [0.25, 0.3) is 0 Å². The number of anilines is 1. The maximum atomic E-state index is 13.9. The fourth-order valence-corrected chi connectivity index (χ4v) is 1.52. The van der Waals surface area contributed by atoms with Crippen molar-refractivity contribution < 1.29 is 4.39 Å². The van der Waals surface area contributed by atoms with Crippen molar-refractivity contribution in [3.05, 3.63) is 17.3 Å². The van der Waals surface area contributed by atoms with E-state index in [9.17, 15) is 4.39 Å². The SMILES string of the molecule is CCCNc1nc(C(C)C(C)(C)C)nc(C)c1F. The summed E-state index contributed by atoms with van der Waals surface area (Å²) in [6, 6.07) is 0. The summed E-state index contributed by atoms with van der Waals surface area (Å²) in [6.07, 6.45) is 0.937. The first kappa shape index (κ1) is 14.9. The lowest BCUT2D eigenvalue weighted by Crippen LogP contribution is -2.20. The molecular weight excluding hydrogens is 229 g/mol. The van der Waals surface area contributed by atoms with Crippen LogP contribution < -0.4 is 5.32 Å². The highest BCUT2D eigenvalue weighted by atomic mass is 19.1.